The van der Waals surface area contributed by atoms with E-state index in [2.05, 4.69) is 41.2 Å². The molecule has 1 aliphatic rings. The van der Waals surface area contributed by atoms with E-state index in [1.807, 2.05) is 0 Å². The van der Waals surface area contributed by atoms with Gasteiger partial charge in [-0.1, -0.05) is 0 Å². The lowest BCUT2D eigenvalue weighted by Gasteiger charge is -2.13. The van der Waals surface area contributed by atoms with Crippen LogP contribution in [-0.4, -0.2) is 58.3 Å². The standard InChI is InChI=1S/C15H24N8O.ClH/c1-8(24)6-18-14-20-10-11(12(16-2)22-14)21-15(23-13(10)17-3)19-7-9-4-5-9;/h8-9,24H,4-7H2,1-3H3,(H2,16,18,20,22)(H2,17,19,21,23);1H/t8-;/m1./s1. The number of nitrogens with one attached hydrogen (secondary N) is 4. The smallest absolute Gasteiger partial charge is 0.225 e. The molecule has 0 unspecified atom stereocenters. The second-order valence-electron chi connectivity index (χ2n) is 6.04. The zero-order valence-electron chi connectivity index (χ0n) is 14.6. The molecule has 5 N–H and O–H groups in total. The number of fused-ring (bicyclic) bond motifs is 1. The molecule has 2 aromatic rings. The van der Waals surface area contributed by atoms with Gasteiger partial charge in [-0.15, -0.1) is 12.4 Å². The highest BCUT2D eigenvalue weighted by atomic mass is 35.5. The second-order valence-corrected chi connectivity index (χ2v) is 6.04. The Balaban J connectivity index is 0.00000225. The van der Waals surface area contributed by atoms with E-state index in [4.69, 9.17) is 0 Å². The van der Waals surface area contributed by atoms with Gasteiger partial charge in [0.1, 0.15) is 11.0 Å². The third kappa shape index (κ3) is 4.70. The molecule has 138 valence electrons. The van der Waals surface area contributed by atoms with Crippen LogP contribution in [0.15, 0.2) is 0 Å². The summed E-state index contributed by atoms with van der Waals surface area (Å²) < 4.78 is 0. The molecule has 0 radical (unpaired) electrons. The first-order chi connectivity index (χ1) is 11.6. The lowest BCUT2D eigenvalue weighted by Crippen LogP contribution is -2.18. The zero-order chi connectivity index (χ0) is 17.1. The van der Waals surface area contributed by atoms with Gasteiger partial charge in [-0.05, 0) is 25.7 Å². The van der Waals surface area contributed by atoms with E-state index in [1.54, 1.807) is 21.0 Å². The number of aliphatic hydroxyl groups excluding tert-OH is 1. The fraction of sp³-hybridized carbons (Fsp3) is 0.600. The van der Waals surface area contributed by atoms with Crippen molar-refractivity contribution in [3.63, 3.8) is 0 Å². The fourth-order valence-corrected chi connectivity index (χ4v) is 2.32. The van der Waals surface area contributed by atoms with Gasteiger partial charge in [-0.3, -0.25) is 0 Å². The molecule has 1 aliphatic carbocycles. The van der Waals surface area contributed by atoms with Gasteiger partial charge in [0.15, 0.2) is 11.6 Å². The molecule has 1 fully saturated rings. The molecular weight excluding hydrogens is 344 g/mol. The lowest BCUT2D eigenvalue weighted by atomic mass is 10.3. The molecular formula is C15H25ClN8O. The van der Waals surface area contributed by atoms with E-state index in [-0.39, 0.29) is 12.4 Å². The van der Waals surface area contributed by atoms with E-state index in [0.29, 0.717) is 41.1 Å². The lowest BCUT2D eigenvalue weighted by molar-refractivity contribution is 0.208. The molecule has 0 bridgehead atoms. The Morgan fingerprint density at radius 1 is 0.960 bits per heavy atom. The van der Waals surface area contributed by atoms with Gasteiger partial charge in [0.2, 0.25) is 11.9 Å². The van der Waals surface area contributed by atoms with Crippen molar-refractivity contribution in [2.45, 2.75) is 25.9 Å². The molecule has 0 saturated heterocycles. The number of nitrogens with zero attached hydrogens (tertiary/aromatic N) is 4. The molecule has 2 aromatic heterocycles. The number of halogens is 1. The molecule has 10 heteroatoms. The SMILES string of the molecule is CNc1nc(NC[C@@H](C)O)nc2c(NC)nc(NCC3CC3)nc12.Cl. The third-order valence-electron chi connectivity index (χ3n) is 3.82. The van der Waals surface area contributed by atoms with Gasteiger partial charge in [-0.2, -0.15) is 9.97 Å². The largest absolute Gasteiger partial charge is 0.392 e. The highest BCUT2D eigenvalue weighted by molar-refractivity contribution is 5.94. The molecule has 0 amide bonds. The van der Waals surface area contributed by atoms with Crippen LogP contribution in [0.1, 0.15) is 19.8 Å². The molecule has 0 aliphatic heterocycles. The maximum absolute atomic E-state index is 9.42. The molecule has 1 atom stereocenters. The Morgan fingerprint density at radius 3 is 1.92 bits per heavy atom. The normalized spacial score (nSPS) is 14.6. The molecule has 9 nitrogen and oxygen atoms in total. The van der Waals surface area contributed by atoms with Crippen molar-refractivity contribution in [2.24, 2.45) is 5.92 Å². The number of hydrogen-bond acceptors (Lipinski definition) is 9. The quantitative estimate of drug-likeness (QED) is 0.472. The summed E-state index contributed by atoms with van der Waals surface area (Å²) in [6.07, 6.45) is 2.04. The van der Waals surface area contributed by atoms with Crippen LogP contribution in [0, 0.1) is 5.92 Å². The topological polar surface area (TPSA) is 120 Å². The second kappa shape index (κ2) is 8.30. The molecule has 25 heavy (non-hydrogen) atoms. The van der Waals surface area contributed by atoms with Gasteiger partial charge < -0.3 is 26.4 Å². The van der Waals surface area contributed by atoms with Crippen LogP contribution in [-0.2, 0) is 0 Å². The molecule has 3 rings (SSSR count). The van der Waals surface area contributed by atoms with E-state index in [1.165, 1.54) is 12.8 Å². The van der Waals surface area contributed by atoms with Crippen molar-refractivity contribution in [1.82, 2.24) is 19.9 Å². The van der Waals surface area contributed by atoms with Gasteiger partial charge >= 0.3 is 0 Å². The van der Waals surface area contributed by atoms with Gasteiger partial charge in [0.25, 0.3) is 0 Å². The monoisotopic (exact) mass is 368 g/mol. The van der Waals surface area contributed by atoms with Crippen LogP contribution < -0.4 is 21.3 Å². The first-order valence-corrected chi connectivity index (χ1v) is 8.21. The predicted molar refractivity (Wildman–Crippen MR) is 103 cm³/mol. The predicted octanol–water partition coefficient (Wildman–Crippen LogP) is 1.54. The maximum Gasteiger partial charge on any atom is 0.225 e. The summed E-state index contributed by atoms with van der Waals surface area (Å²) in [5.41, 5.74) is 1.28. The third-order valence-corrected chi connectivity index (χ3v) is 3.82. The maximum atomic E-state index is 9.42. The van der Waals surface area contributed by atoms with Crippen LogP contribution in [0.5, 0.6) is 0 Å². The van der Waals surface area contributed by atoms with Crippen LogP contribution >= 0.6 is 12.4 Å². The highest BCUT2D eigenvalue weighted by Crippen LogP contribution is 2.30. The Morgan fingerprint density at radius 2 is 1.48 bits per heavy atom. The van der Waals surface area contributed by atoms with Gasteiger partial charge in [0, 0.05) is 27.2 Å². The number of rotatable bonds is 8. The summed E-state index contributed by atoms with van der Waals surface area (Å²) in [4.78, 5) is 18.0. The van der Waals surface area contributed by atoms with Crippen molar-refractivity contribution in [2.75, 3.05) is 48.5 Å². The average Bonchev–Trinajstić information content (AvgIpc) is 3.41. The van der Waals surface area contributed by atoms with E-state index >= 15 is 0 Å². The van der Waals surface area contributed by atoms with Crippen LogP contribution in [0.3, 0.4) is 0 Å². The van der Waals surface area contributed by atoms with Gasteiger partial charge in [-0.25, -0.2) is 9.97 Å². The first kappa shape index (κ1) is 19.2. The van der Waals surface area contributed by atoms with Crippen LogP contribution in [0.2, 0.25) is 0 Å². The zero-order valence-corrected chi connectivity index (χ0v) is 15.4. The van der Waals surface area contributed by atoms with E-state index in [0.717, 1.165) is 12.5 Å². The number of aliphatic hydroxyl groups is 1. The number of aromatic nitrogens is 4. The average molecular weight is 369 g/mol. The summed E-state index contributed by atoms with van der Waals surface area (Å²) >= 11 is 0. The highest BCUT2D eigenvalue weighted by Gasteiger charge is 2.22. The first-order valence-electron chi connectivity index (χ1n) is 8.21. The van der Waals surface area contributed by atoms with Crippen molar-refractivity contribution < 1.29 is 5.11 Å². The summed E-state index contributed by atoms with van der Waals surface area (Å²) in [7, 11) is 3.59. The minimum atomic E-state index is -0.489. The number of anilines is 4. The van der Waals surface area contributed by atoms with Crippen LogP contribution in [0.25, 0.3) is 11.0 Å². The summed E-state index contributed by atoms with van der Waals surface area (Å²) in [6, 6.07) is 0. The minimum absolute atomic E-state index is 0. The fourth-order valence-electron chi connectivity index (χ4n) is 2.32. The van der Waals surface area contributed by atoms with Crippen molar-refractivity contribution in [3.05, 3.63) is 0 Å². The van der Waals surface area contributed by atoms with E-state index < -0.39 is 6.10 Å². The minimum Gasteiger partial charge on any atom is -0.392 e. The van der Waals surface area contributed by atoms with Gasteiger partial charge in [0.05, 0.1) is 6.10 Å². The summed E-state index contributed by atoms with van der Waals surface area (Å²) in [5.74, 6) is 2.98. The van der Waals surface area contributed by atoms with Crippen LogP contribution in [0.4, 0.5) is 23.5 Å². The molecule has 1 saturated carbocycles. The Bertz CT molecular complexity index is 669. The summed E-state index contributed by atoms with van der Waals surface area (Å²) in [5, 5.41) is 21.8. The molecule has 2 heterocycles. The van der Waals surface area contributed by atoms with E-state index in [9.17, 15) is 5.11 Å². The van der Waals surface area contributed by atoms with Crippen molar-refractivity contribution in [3.8, 4) is 0 Å². The number of hydrogen-bond donors (Lipinski definition) is 5. The van der Waals surface area contributed by atoms with Crippen molar-refractivity contribution in [1.29, 1.82) is 0 Å². The summed E-state index contributed by atoms with van der Waals surface area (Å²) in [6.45, 7) is 2.96. The molecule has 0 spiro atoms. The van der Waals surface area contributed by atoms with Crippen molar-refractivity contribution >= 4 is 47.0 Å². The Hall–Kier alpha value is -2.13. The Kier molecular flexibility index (Phi) is 6.38. The molecule has 0 aromatic carbocycles. The Labute approximate surface area is 152 Å².